The lowest BCUT2D eigenvalue weighted by molar-refractivity contribution is -0.138. The normalized spacial score (nSPS) is 19.4. The highest BCUT2D eigenvalue weighted by atomic mass is 19.4. The predicted molar refractivity (Wildman–Crippen MR) is 131 cm³/mol. The molecular formula is C27H26F3N5O2. The Bertz CT molecular complexity index is 1260. The topological polar surface area (TPSA) is 78.4 Å². The number of benzene rings is 2. The van der Waals surface area contributed by atoms with E-state index in [4.69, 9.17) is 0 Å². The average molecular weight is 510 g/mol. The number of anilines is 1. The number of amides is 2. The van der Waals surface area contributed by atoms with Crippen molar-refractivity contribution < 1.29 is 22.8 Å². The van der Waals surface area contributed by atoms with Gasteiger partial charge in [0, 0.05) is 32.7 Å². The SMILES string of the molecule is O=C(NCC1CC1c1ccccc1)c1ccc(N2CCN(C(=O)c3ccccc3C(F)(F)F)CC2)nn1. The van der Waals surface area contributed by atoms with Crippen LogP contribution in [0.4, 0.5) is 19.0 Å². The van der Waals surface area contributed by atoms with E-state index in [1.807, 2.05) is 23.1 Å². The van der Waals surface area contributed by atoms with Crippen LogP contribution in [0.1, 0.15) is 44.3 Å². The van der Waals surface area contributed by atoms with Crippen molar-refractivity contribution in [1.82, 2.24) is 20.4 Å². The van der Waals surface area contributed by atoms with Crippen LogP contribution < -0.4 is 10.2 Å². The molecule has 2 fully saturated rings. The van der Waals surface area contributed by atoms with Gasteiger partial charge in [0.2, 0.25) is 0 Å². The fourth-order valence-corrected chi connectivity index (χ4v) is 4.74. The molecule has 1 N–H and O–H groups in total. The Morgan fingerprint density at radius 1 is 0.892 bits per heavy atom. The van der Waals surface area contributed by atoms with Crippen molar-refractivity contribution in [2.45, 2.75) is 18.5 Å². The van der Waals surface area contributed by atoms with E-state index in [1.54, 1.807) is 12.1 Å². The van der Waals surface area contributed by atoms with Gasteiger partial charge in [-0.25, -0.2) is 0 Å². The number of nitrogens with one attached hydrogen (secondary N) is 1. The molecule has 1 aromatic heterocycles. The van der Waals surface area contributed by atoms with Crippen LogP contribution >= 0.6 is 0 Å². The summed E-state index contributed by atoms with van der Waals surface area (Å²) < 4.78 is 39.9. The molecule has 2 atom stereocenters. The van der Waals surface area contributed by atoms with Crippen molar-refractivity contribution in [3.63, 3.8) is 0 Å². The van der Waals surface area contributed by atoms with Crippen molar-refractivity contribution in [2.24, 2.45) is 5.92 Å². The molecule has 1 aliphatic heterocycles. The number of hydrogen-bond acceptors (Lipinski definition) is 5. The number of hydrogen-bond donors (Lipinski definition) is 1. The van der Waals surface area contributed by atoms with Crippen LogP contribution in [-0.2, 0) is 6.18 Å². The Morgan fingerprint density at radius 2 is 1.59 bits per heavy atom. The van der Waals surface area contributed by atoms with Crippen molar-refractivity contribution in [3.05, 3.63) is 89.1 Å². The predicted octanol–water partition coefficient (Wildman–Crippen LogP) is 3.99. The summed E-state index contributed by atoms with van der Waals surface area (Å²) in [5.41, 5.74) is 0.231. The highest BCUT2D eigenvalue weighted by Crippen LogP contribution is 2.46. The van der Waals surface area contributed by atoms with E-state index in [0.717, 1.165) is 12.5 Å². The smallest absolute Gasteiger partial charge is 0.352 e. The van der Waals surface area contributed by atoms with Crippen molar-refractivity contribution >= 4 is 17.6 Å². The van der Waals surface area contributed by atoms with Gasteiger partial charge in [0.25, 0.3) is 11.8 Å². The number of nitrogens with zero attached hydrogens (tertiary/aromatic N) is 4. The maximum Gasteiger partial charge on any atom is 0.417 e. The zero-order valence-corrected chi connectivity index (χ0v) is 20.0. The van der Waals surface area contributed by atoms with Crippen LogP contribution in [0.3, 0.4) is 0 Å². The van der Waals surface area contributed by atoms with Crippen LogP contribution in [0.25, 0.3) is 0 Å². The number of rotatable bonds is 6. The fourth-order valence-electron chi connectivity index (χ4n) is 4.74. The van der Waals surface area contributed by atoms with Crippen molar-refractivity contribution in [2.75, 3.05) is 37.6 Å². The summed E-state index contributed by atoms with van der Waals surface area (Å²) >= 11 is 0. The quantitative estimate of drug-likeness (QED) is 0.544. The Morgan fingerprint density at radius 3 is 2.27 bits per heavy atom. The summed E-state index contributed by atoms with van der Waals surface area (Å²) in [6, 6.07) is 18.4. The zero-order chi connectivity index (χ0) is 26.0. The van der Waals surface area contributed by atoms with Crippen LogP contribution in [0.15, 0.2) is 66.7 Å². The molecule has 5 rings (SSSR count). The van der Waals surface area contributed by atoms with E-state index in [1.165, 1.54) is 28.7 Å². The molecule has 1 saturated carbocycles. The second kappa shape index (κ2) is 10.2. The third kappa shape index (κ3) is 5.58. The van der Waals surface area contributed by atoms with Crippen LogP contribution in [0.2, 0.25) is 0 Å². The average Bonchev–Trinajstić information content (AvgIpc) is 3.71. The Labute approximate surface area is 212 Å². The third-order valence-corrected chi connectivity index (χ3v) is 6.91. The second-order valence-electron chi connectivity index (χ2n) is 9.32. The summed E-state index contributed by atoms with van der Waals surface area (Å²) in [6.07, 6.45) is -3.55. The summed E-state index contributed by atoms with van der Waals surface area (Å²) in [6.45, 7) is 1.86. The first-order valence-electron chi connectivity index (χ1n) is 12.2. The maximum atomic E-state index is 13.3. The monoisotopic (exact) mass is 509 g/mol. The molecule has 0 radical (unpaired) electrons. The number of alkyl halides is 3. The molecule has 10 heteroatoms. The van der Waals surface area contributed by atoms with Gasteiger partial charge in [0.1, 0.15) is 0 Å². The van der Waals surface area contributed by atoms with Gasteiger partial charge in [-0.05, 0) is 48.1 Å². The largest absolute Gasteiger partial charge is 0.417 e. The van der Waals surface area contributed by atoms with E-state index in [2.05, 4.69) is 27.6 Å². The molecule has 7 nitrogen and oxygen atoms in total. The minimum absolute atomic E-state index is 0.221. The summed E-state index contributed by atoms with van der Waals surface area (Å²) in [7, 11) is 0. The van der Waals surface area contributed by atoms with Crippen LogP contribution in [0.5, 0.6) is 0 Å². The zero-order valence-electron chi connectivity index (χ0n) is 20.0. The first kappa shape index (κ1) is 24.7. The Kier molecular flexibility index (Phi) is 6.82. The summed E-state index contributed by atoms with van der Waals surface area (Å²) in [5.74, 6) is 0.515. The summed E-state index contributed by atoms with van der Waals surface area (Å²) in [5, 5.41) is 11.2. The van der Waals surface area contributed by atoms with Gasteiger partial charge in [-0.3, -0.25) is 9.59 Å². The highest BCUT2D eigenvalue weighted by Gasteiger charge is 2.38. The minimum Gasteiger partial charge on any atom is -0.352 e. The van der Waals surface area contributed by atoms with Gasteiger partial charge in [-0.2, -0.15) is 13.2 Å². The lowest BCUT2D eigenvalue weighted by atomic mass is 10.1. The van der Waals surface area contributed by atoms with Crippen molar-refractivity contribution in [1.29, 1.82) is 0 Å². The van der Waals surface area contributed by atoms with Gasteiger partial charge in [0.15, 0.2) is 11.5 Å². The maximum absolute atomic E-state index is 13.3. The molecular weight excluding hydrogens is 483 g/mol. The van der Waals surface area contributed by atoms with Gasteiger partial charge in [-0.1, -0.05) is 42.5 Å². The minimum atomic E-state index is -4.60. The highest BCUT2D eigenvalue weighted by molar-refractivity contribution is 5.96. The number of halogens is 3. The van der Waals surface area contributed by atoms with E-state index in [0.29, 0.717) is 37.3 Å². The molecule has 192 valence electrons. The Hall–Kier alpha value is -3.95. The molecule has 2 aromatic carbocycles. The number of carbonyl (C=O) groups is 2. The molecule has 1 saturated heterocycles. The number of carbonyl (C=O) groups excluding carboxylic acids is 2. The molecule has 37 heavy (non-hydrogen) atoms. The molecule has 2 amide bonds. The molecule has 2 heterocycles. The molecule has 2 aliphatic rings. The van der Waals surface area contributed by atoms with Crippen LogP contribution in [0, 0.1) is 5.92 Å². The van der Waals surface area contributed by atoms with E-state index in [9.17, 15) is 22.8 Å². The molecule has 0 spiro atoms. The third-order valence-electron chi connectivity index (χ3n) is 6.91. The number of piperazine rings is 1. The lowest BCUT2D eigenvalue weighted by Crippen LogP contribution is -2.49. The Balaban J connectivity index is 1.12. The van der Waals surface area contributed by atoms with Crippen LogP contribution in [-0.4, -0.2) is 59.6 Å². The first-order chi connectivity index (χ1) is 17.8. The van der Waals surface area contributed by atoms with Gasteiger partial charge < -0.3 is 15.1 Å². The fraction of sp³-hybridized carbons (Fsp3) is 0.333. The van der Waals surface area contributed by atoms with Gasteiger partial charge >= 0.3 is 6.18 Å². The molecule has 1 aliphatic carbocycles. The standard InChI is InChI=1S/C27H26F3N5O2/c28-27(29,30)22-9-5-4-8-20(22)26(37)35-14-12-34(13-15-35)24-11-10-23(32-33-24)25(36)31-17-19-16-21(19)18-6-2-1-3-7-18/h1-11,19,21H,12-17H2,(H,31,36). The van der Waals surface area contributed by atoms with E-state index < -0.39 is 17.6 Å². The number of aromatic nitrogens is 2. The van der Waals surface area contributed by atoms with Gasteiger partial charge in [0.05, 0.1) is 11.1 Å². The van der Waals surface area contributed by atoms with Crippen molar-refractivity contribution in [3.8, 4) is 0 Å². The second-order valence-corrected chi connectivity index (χ2v) is 9.32. The molecule has 2 unspecified atom stereocenters. The first-order valence-corrected chi connectivity index (χ1v) is 12.2. The van der Waals surface area contributed by atoms with E-state index in [-0.39, 0.29) is 30.3 Å². The molecule has 3 aromatic rings. The van der Waals surface area contributed by atoms with Gasteiger partial charge in [-0.15, -0.1) is 10.2 Å². The molecule has 0 bridgehead atoms. The lowest BCUT2D eigenvalue weighted by Gasteiger charge is -2.35. The summed E-state index contributed by atoms with van der Waals surface area (Å²) in [4.78, 5) is 28.6. The van der Waals surface area contributed by atoms with E-state index >= 15 is 0 Å².